The molecule has 1 aromatic carbocycles. The summed E-state index contributed by atoms with van der Waals surface area (Å²) in [7, 11) is 1.97. The molecule has 1 N–H and O–H groups in total. The Bertz CT molecular complexity index is 568. The lowest BCUT2D eigenvalue weighted by Gasteiger charge is -2.19. The van der Waals surface area contributed by atoms with E-state index in [1.54, 1.807) is 12.3 Å². The number of nitrogens with zero attached hydrogens (tertiary/aromatic N) is 2. The summed E-state index contributed by atoms with van der Waals surface area (Å²) in [6.45, 7) is 2.83. The predicted octanol–water partition coefficient (Wildman–Crippen LogP) is 3.50. The number of nitrogens with one attached hydrogen (secondary N) is 1. The van der Waals surface area contributed by atoms with Crippen molar-refractivity contribution in [3.8, 4) is 0 Å². The quantitative estimate of drug-likeness (QED) is 0.884. The lowest BCUT2D eigenvalue weighted by molar-refractivity contribution is 0.502. The van der Waals surface area contributed by atoms with E-state index in [0.29, 0.717) is 0 Å². The molecule has 20 heavy (non-hydrogen) atoms. The van der Waals surface area contributed by atoms with Crippen molar-refractivity contribution in [2.45, 2.75) is 25.8 Å². The second-order valence-electron chi connectivity index (χ2n) is 4.75. The van der Waals surface area contributed by atoms with Gasteiger partial charge in [-0.2, -0.15) is 0 Å². The van der Waals surface area contributed by atoms with E-state index in [2.05, 4.69) is 10.3 Å². The van der Waals surface area contributed by atoms with Crippen LogP contribution in [0.15, 0.2) is 30.6 Å². The fraction of sp³-hybridized carbons (Fsp3) is 0.400. The third-order valence-corrected chi connectivity index (χ3v) is 3.78. The van der Waals surface area contributed by atoms with Gasteiger partial charge in [-0.3, -0.25) is 0 Å². The highest BCUT2D eigenvalue weighted by molar-refractivity contribution is 6.31. The van der Waals surface area contributed by atoms with Crippen LogP contribution in [-0.4, -0.2) is 16.1 Å². The molecule has 2 rings (SSSR count). The molecule has 108 valence electrons. The predicted molar refractivity (Wildman–Crippen MR) is 79.4 cm³/mol. The Morgan fingerprint density at radius 1 is 1.45 bits per heavy atom. The number of halogens is 2. The molecule has 1 unspecified atom stereocenters. The van der Waals surface area contributed by atoms with Gasteiger partial charge in [-0.1, -0.05) is 30.7 Å². The fourth-order valence-corrected chi connectivity index (χ4v) is 2.57. The second-order valence-corrected chi connectivity index (χ2v) is 5.12. The maximum absolute atomic E-state index is 13.6. The summed E-state index contributed by atoms with van der Waals surface area (Å²) in [6, 6.07) is 4.98. The third kappa shape index (κ3) is 3.38. The van der Waals surface area contributed by atoms with Crippen molar-refractivity contribution < 1.29 is 4.39 Å². The number of hydrogen-bond acceptors (Lipinski definition) is 2. The fourth-order valence-electron chi connectivity index (χ4n) is 2.31. The van der Waals surface area contributed by atoms with E-state index in [9.17, 15) is 4.39 Å². The van der Waals surface area contributed by atoms with Crippen LogP contribution in [0.1, 0.15) is 30.8 Å². The minimum Gasteiger partial charge on any atom is -0.338 e. The summed E-state index contributed by atoms with van der Waals surface area (Å²) in [5.74, 6) is 0.643. The zero-order valence-electron chi connectivity index (χ0n) is 11.7. The monoisotopic (exact) mass is 295 g/mol. The van der Waals surface area contributed by atoms with Crippen LogP contribution < -0.4 is 5.32 Å². The van der Waals surface area contributed by atoms with E-state index in [1.807, 2.05) is 30.8 Å². The Labute approximate surface area is 123 Å². The topological polar surface area (TPSA) is 29.9 Å². The lowest BCUT2D eigenvalue weighted by atomic mass is 10.0. The van der Waals surface area contributed by atoms with Crippen LogP contribution >= 0.6 is 11.6 Å². The molecule has 0 bridgehead atoms. The molecule has 1 atom stereocenters. The van der Waals surface area contributed by atoms with Crippen LogP contribution in [0, 0.1) is 5.82 Å². The van der Waals surface area contributed by atoms with Crippen LogP contribution in [0.3, 0.4) is 0 Å². The van der Waals surface area contributed by atoms with Crippen molar-refractivity contribution in [1.29, 1.82) is 0 Å². The smallest absolute Gasteiger partial charge is 0.142 e. The molecule has 0 aliphatic heterocycles. The molecule has 2 aromatic rings. The maximum Gasteiger partial charge on any atom is 0.142 e. The van der Waals surface area contributed by atoms with Gasteiger partial charge in [-0.15, -0.1) is 0 Å². The minimum absolute atomic E-state index is 0.0277. The van der Waals surface area contributed by atoms with Crippen LogP contribution in [0.25, 0.3) is 0 Å². The Balaban J connectivity index is 2.14. The number of aromatic nitrogens is 2. The Morgan fingerprint density at radius 2 is 2.25 bits per heavy atom. The Morgan fingerprint density at radius 3 is 2.90 bits per heavy atom. The molecule has 0 saturated heterocycles. The van der Waals surface area contributed by atoms with E-state index in [1.165, 1.54) is 6.07 Å². The lowest BCUT2D eigenvalue weighted by Crippen LogP contribution is -2.22. The van der Waals surface area contributed by atoms with E-state index in [-0.39, 0.29) is 16.9 Å². The first kappa shape index (κ1) is 15.0. The number of rotatable bonds is 6. The first-order valence-electron chi connectivity index (χ1n) is 6.77. The largest absolute Gasteiger partial charge is 0.338 e. The first-order chi connectivity index (χ1) is 9.63. The number of aryl methyl sites for hydroxylation is 2. The number of benzene rings is 1. The normalized spacial score (nSPS) is 12.6. The molecule has 0 radical (unpaired) electrons. The van der Waals surface area contributed by atoms with Crippen molar-refractivity contribution in [3.05, 3.63) is 52.8 Å². The molecule has 0 aliphatic carbocycles. The van der Waals surface area contributed by atoms with Crippen molar-refractivity contribution in [2.24, 2.45) is 7.05 Å². The zero-order valence-corrected chi connectivity index (χ0v) is 12.5. The van der Waals surface area contributed by atoms with Crippen molar-refractivity contribution >= 4 is 11.6 Å². The van der Waals surface area contributed by atoms with E-state index >= 15 is 0 Å². The maximum atomic E-state index is 13.6. The average Bonchev–Trinajstić information content (AvgIpc) is 2.84. The summed E-state index contributed by atoms with van der Waals surface area (Å²) in [5.41, 5.74) is 0.808. The van der Waals surface area contributed by atoms with Gasteiger partial charge in [0.25, 0.3) is 0 Å². The van der Waals surface area contributed by atoms with Crippen LogP contribution in [0.2, 0.25) is 5.02 Å². The third-order valence-electron chi connectivity index (χ3n) is 3.38. The van der Waals surface area contributed by atoms with Gasteiger partial charge in [0.05, 0.1) is 5.02 Å². The van der Waals surface area contributed by atoms with Gasteiger partial charge in [0.1, 0.15) is 11.6 Å². The summed E-state index contributed by atoms with van der Waals surface area (Å²) < 4.78 is 15.6. The number of hydrogen-bond donors (Lipinski definition) is 1. The molecule has 0 amide bonds. The molecule has 1 heterocycles. The summed E-state index contributed by atoms with van der Waals surface area (Å²) in [6.07, 6.45) is 5.34. The zero-order chi connectivity index (χ0) is 14.5. The van der Waals surface area contributed by atoms with Crippen LogP contribution in [0.5, 0.6) is 0 Å². The van der Waals surface area contributed by atoms with Gasteiger partial charge >= 0.3 is 0 Å². The van der Waals surface area contributed by atoms with Gasteiger partial charge in [-0.25, -0.2) is 9.37 Å². The molecule has 1 aromatic heterocycles. The summed E-state index contributed by atoms with van der Waals surface area (Å²) in [4.78, 5) is 4.31. The minimum atomic E-state index is -0.371. The van der Waals surface area contributed by atoms with E-state index in [4.69, 9.17) is 11.6 Å². The van der Waals surface area contributed by atoms with Gasteiger partial charge < -0.3 is 9.88 Å². The highest BCUT2D eigenvalue weighted by Crippen LogP contribution is 2.28. The second kappa shape index (κ2) is 6.86. The van der Waals surface area contributed by atoms with Crippen molar-refractivity contribution in [1.82, 2.24) is 14.9 Å². The summed E-state index contributed by atoms with van der Waals surface area (Å²) >= 11 is 6.08. The van der Waals surface area contributed by atoms with Crippen LogP contribution in [0.4, 0.5) is 4.39 Å². The Kier molecular flexibility index (Phi) is 5.15. The molecule has 3 nitrogen and oxygen atoms in total. The first-order valence-corrected chi connectivity index (χ1v) is 7.14. The molecule has 0 aliphatic rings. The SMILES string of the molecule is CCNC(CCc1nccn1C)c1cccc(F)c1Cl. The molecule has 0 fully saturated rings. The van der Waals surface area contributed by atoms with Crippen molar-refractivity contribution in [2.75, 3.05) is 6.54 Å². The molecule has 0 spiro atoms. The standard InChI is InChI=1S/C15H19ClFN3/c1-3-18-13(7-8-14-19-9-10-20(14)2)11-5-4-6-12(17)15(11)16/h4-6,9-10,13,18H,3,7-8H2,1-2H3. The van der Waals surface area contributed by atoms with Crippen LogP contribution in [-0.2, 0) is 13.5 Å². The van der Waals surface area contributed by atoms with E-state index in [0.717, 1.165) is 30.8 Å². The number of imidazole rings is 1. The molecular formula is C15H19ClFN3. The van der Waals surface area contributed by atoms with E-state index < -0.39 is 0 Å². The van der Waals surface area contributed by atoms with Crippen molar-refractivity contribution in [3.63, 3.8) is 0 Å². The Hall–Kier alpha value is -1.39. The highest BCUT2D eigenvalue weighted by atomic mass is 35.5. The average molecular weight is 296 g/mol. The summed E-state index contributed by atoms with van der Waals surface area (Å²) in [5, 5.41) is 3.57. The molecular weight excluding hydrogens is 277 g/mol. The van der Waals surface area contributed by atoms with Gasteiger partial charge in [-0.05, 0) is 24.6 Å². The molecule has 0 saturated carbocycles. The highest BCUT2D eigenvalue weighted by Gasteiger charge is 2.16. The van der Waals surface area contributed by atoms with Gasteiger partial charge in [0.2, 0.25) is 0 Å². The molecule has 5 heteroatoms. The van der Waals surface area contributed by atoms with Gasteiger partial charge in [0.15, 0.2) is 0 Å². The van der Waals surface area contributed by atoms with Gasteiger partial charge in [0, 0.05) is 31.9 Å².